The summed E-state index contributed by atoms with van der Waals surface area (Å²) < 4.78 is 38.6. The number of carbonyl (C=O) groups excluding carboxylic acids is 3. The van der Waals surface area contributed by atoms with E-state index in [9.17, 15) is 23.2 Å². The number of nitrogens with one attached hydrogen (secondary N) is 1. The maximum absolute atomic E-state index is 12.4. The summed E-state index contributed by atoms with van der Waals surface area (Å²) >= 11 is 1.18. The van der Waals surface area contributed by atoms with Crippen LogP contribution in [-0.2, 0) is 14.3 Å². The first kappa shape index (κ1) is 21.3. The molecule has 1 aromatic carbocycles. The zero-order chi connectivity index (χ0) is 20.8. The lowest BCUT2D eigenvalue weighted by Gasteiger charge is -2.10. The molecule has 0 atom stereocenters. The Bertz CT molecular complexity index is 896. The maximum Gasteiger partial charge on any atom is 0.387 e. The molecule has 28 heavy (non-hydrogen) atoms. The van der Waals surface area contributed by atoms with E-state index in [1.165, 1.54) is 42.7 Å². The number of esters is 2. The SMILES string of the molecule is COC(=O)c1c(NC(=O)COC(=O)c2ccccc2OC(F)F)sc(C)c1C. The highest BCUT2D eigenvalue weighted by molar-refractivity contribution is 7.16. The fourth-order valence-corrected chi connectivity index (χ4v) is 3.33. The fraction of sp³-hybridized carbons (Fsp3) is 0.278. The average Bonchev–Trinajstić information content (AvgIpc) is 2.92. The van der Waals surface area contributed by atoms with Gasteiger partial charge in [-0.2, -0.15) is 8.78 Å². The molecule has 7 nitrogen and oxygen atoms in total. The molecule has 0 spiro atoms. The van der Waals surface area contributed by atoms with Crippen LogP contribution in [-0.4, -0.2) is 38.2 Å². The van der Waals surface area contributed by atoms with Gasteiger partial charge >= 0.3 is 18.6 Å². The number of aryl methyl sites for hydroxylation is 1. The first-order valence-electron chi connectivity index (χ1n) is 7.93. The van der Waals surface area contributed by atoms with Crippen LogP contribution in [0.25, 0.3) is 0 Å². The van der Waals surface area contributed by atoms with Crippen LogP contribution in [0.4, 0.5) is 13.8 Å². The van der Waals surface area contributed by atoms with Crippen molar-refractivity contribution in [3.8, 4) is 5.75 Å². The van der Waals surface area contributed by atoms with E-state index < -0.39 is 31.1 Å². The van der Waals surface area contributed by atoms with Crippen LogP contribution in [0.3, 0.4) is 0 Å². The zero-order valence-electron chi connectivity index (χ0n) is 15.2. The van der Waals surface area contributed by atoms with Crippen LogP contribution in [0.5, 0.6) is 5.75 Å². The Kier molecular flexibility index (Phi) is 7.05. The van der Waals surface area contributed by atoms with Crippen LogP contribution in [0, 0.1) is 13.8 Å². The van der Waals surface area contributed by atoms with E-state index in [2.05, 4.69) is 10.1 Å². The molecule has 0 saturated heterocycles. The summed E-state index contributed by atoms with van der Waals surface area (Å²) in [5.41, 5.74) is 0.649. The maximum atomic E-state index is 12.4. The number of halogens is 2. The number of ether oxygens (including phenoxy) is 3. The van der Waals surface area contributed by atoms with E-state index in [4.69, 9.17) is 9.47 Å². The van der Waals surface area contributed by atoms with Gasteiger partial charge in [-0.05, 0) is 31.5 Å². The van der Waals surface area contributed by atoms with Crippen LogP contribution in [0.15, 0.2) is 24.3 Å². The first-order chi connectivity index (χ1) is 13.2. The van der Waals surface area contributed by atoms with Crippen molar-refractivity contribution in [1.82, 2.24) is 0 Å². The van der Waals surface area contributed by atoms with Crippen LogP contribution >= 0.6 is 11.3 Å². The molecule has 1 heterocycles. The van der Waals surface area contributed by atoms with Crippen molar-refractivity contribution < 1.29 is 37.4 Å². The molecule has 1 N–H and O–H groups in total. The number of rotatable bonds is 7. The molecule has 150 valence electrons. The Labute approximate surface area is 163 Å². The van der Waals surface area contributed by atoms with Crippen molar-refractivity contribution in [3.63, 3.8) is 0 Å². The van der Waals surface area contributed by atoms with E-state index in [1.54, 1.807) is 13.8 Å². The normalized spacial score (nSPS) is 10.5. The molecular formula is C18H17F2NO6S. The fourth-order valence-electron chi connectivity index (χ4n) is 2.27. The lowest BCUT2D eigenvalue weighted by Crippen LogP contribution is -2.22. The van der Waals surface area contributed by atoms with Gasteiger partial charge in [0.2, 0.25) is 0 Å². The topological polar surface area (TPSA) is 90.9 Å². The van der Waals surface area contributed by atoms with E-state index >= 15 is 0 Å². The molecule has 0 fully saturated rings. The number of benzene rings is 1. The second-order valence-electron chi connectivity index (χ2n) is 5.48. The molecule has 0 unspecified atom stereocenters. The van der Waals surface area contributed by atoms with Gasteiger partial charge in [-0.3, -0.25) is 4.79 Å². The van der Waals surface area contributed by atoms with Gasteiger partial charge in [0.05, 0.1) is 12.7 Å². The van der Waals surface area contributed by atoms with E-state index in [0.717, 1.165) is 4.88 Å². The molecule has 2 rings (SSSR count). The minimum atomic E-state index is -3.11. The van der Waals surface area contributed by atoms with E-state index in [1.807, 2.05) is 0 Å². The highest BCUT2D eigenvalue weighted by Crippen LogP contribution is 2.32. The van der Waals surface area contributed by atoms with Crippen molar-refractivity contribution in [2.45, 2.75) is 20.5 Å². The van der Waals surface area contributed by atoms with Crippen LogP contribution < -0.4 is 10.1 Å². The number of thiophene rings is 1. The third-order valence-electron chi connectivity index (χ3n) is 3.69. The minimum Gasteiger partial charge on any atom is -0.465 e. The zero-order valence-corrected chi connectivity index (χ0v) is 16.0. The summed E-state index contributed by atoms with van der Waals surface area (Å²) in [4.78, 5) is 36.9. The van der Waals surface area contributed by atoms with E-state index in [-0.39, 0.29) is 21.9 Å². The summed E-state index contributed by atoms with van der Waals surface area (Å²) in [6.45, 7) is -0.298. The molecule has 0 saturated carbocycles. The van der Waals surface area contributed by atoms with Crippen molar-refractivity contribution >= 4 is 34.2 Å². The predicted molar refractivity (Wildman–Crippen MR) is 97.1 cm³/mol. The minimum absolute atomic E-state index is 0.223. The monoisotopic (exact) mass is 413 g/mol. The van der Waals surface area contributed by atoms with Gasteiger partial charge in [-0.1, -0.05) is 12.1 Å². The highest BCUT2D eigenvalue weighted by atomic mass is 32.1. The number of para-hydroxylation sites is 1. The summed E-state index contributed by atoms with van der Waals surface area (Å²) in [5, 5.41) is 2.76. The molecule has 0 radical (unpaired) electrons. The van der Waals surface area contributed by atoms with Crippen LogP contribution in [0.1, 0.15) is 31.2 Å². The second kappa shape index (κ2) is 9.27. The van der Waals surface area contributed by atoms with Gasteiger partial charge in [0.1, 0.15) is 16.3 Å². The molecule has 0 aliphatic heterocycles. The predicted octanol–water partition coefficient (Wildman–Crippen LogP) is 3.55. The number of anilines is 1. The molecule has 1 aromatic heterocycles. The molecular weight excluding hydrogens is 396 g/mol. The number of carbonyl (C=O) groups is 3. The first-order valence-corrected chi connectivity index (χ1v) is 8.75. The Morgan fingerprint density at radius 2 is 1.82 bits per heavy atom. The third kappa shape index (κ3) is 5.03. The summed E-state index contributed by atoms with van der Waals surface area (Å²) in [5.74, 6) is -2.67. The Morgan fingerprint density at radius 3 is 2.46 bits per heavy atom. The van der Waals surface area contributed by atoms with Crippen molar-refractivity contribution in [3.05, 3.63) is 45.8 Å². The Morgan fingerprint density at radius 1 is 1.14 bits per heavy atom. The highest BCUT2D eigenvalue weighted by Gasteiger charge is 2.22. The lowest BCUT2D eigenvalue weighted by atomic mass is 10.1. The largest absolute Gasteiger partial charge is 0.465 e. The summed E-state index contributed by atoms with van der Waals surface area (Å²) in [6, 6.07) is 5.27. The molecule has 0 bridgehead atoms. The van der Waals surface area contributed by atoms with Gasteiger partial charge in [-0.15, -0.1) is 11.3 Å². The van der Waals surface area contributed by atoms with Gasteiger partial charge in [0.15, 0.2) is 6.61 Å². The summed E-state index contributed by atoms with van der Waals surface area (Å²) in [7, 11) is 1.22. The van der Waals surface area contributed by atoms with Gasteiger partial charge in [0, 0.05) is 4.88 Å². The lowest BCUT2D eigenvalue weighted by molar-refractivity contribution is -0.119. The van der Waals surface area contributed by atoms with Crippen molar-refractivity contribution in [2.75, 3.05) is 19.0 Å². The number of hydrogen-bond donors (Lipinski definition) is 1. The summed E-state index contributed by atoms with van der Waals surface area (Å²) in [6.07, 6.45) is 0. The Balaban J connectivity index is 2.05. The molecule has 0 aliphatic rings. The van der Waals surface area contributed by atoms with Crippen molar-refractivity contribution in [2.24, 2.45) is 0 Å². The number of amides is 1. The van der Waals surface area contributed by atoms with E-state index in [0.29, 0.717) is 5.56 Å². The van der Waals surface area contributed by atoms with Gasteiger partial charge in [0.25, 0.3) is 5.91 Å². The van der Waals surface area contributed by atoms with Gasteiger partial charge < -0.3 is 19.5 Å². The molecule has 10 heteroatoms. The third-order valence-corrected chi connectivity index (χ3v) is 4.81. The molecule has 2 aromatic rings. The quantitative estimate of drug-likeness (QED) is 0.698. The number of methoxy groups -OCH3 is 1. The average molecular weight is 413 g/mol. The number of alkyl halides is 2. The standard InChI is InChI=1S/C18H17F2NO6S/c1-9-10(2)28-15(14(9)17(24)25-3)21-13(22)8-26-16(23)11-6-4-5-7-12(11)27-18(19)20/h4-7,18H,8H2,1-3H3,(H,21,22). The number of hydrogen-bond acceptors (Lipinski definition) is 7. The van der Waals surface area contributed by atoms with Crippen molar-refractivity contribution in [1.29, 1.82) is 0 Å². The molecule has 0 aliphatic carbocycles. The Hall–Kier alpha value is -3.01. The van der Waals surface area contributed by atoms with Gasteiger partial charge in [-0.25, -0.2) is 9.59 Å². The molecule has 1 amide bonds. The smallest absolute Gasteiger partial charge is 0.387 e. The van der Waals surface area contributed by atoms with Crippen LogP contribution in [0.2, 0.25) is 0 Å². The second-order valence-corrected chi connectivity index (χ2v) is 6.70.